The Hall–Kier alpha value is -1.76. The summed E-state index contributed by atoms with van der Waals surface area (Å²) >= 11 is 0. The number of amides is 1. The molecule has 1 rings (SSSR count). The number of aliphatic hydroxyl groups excluding tert-OH is 1. The van der Waals surface area contributed by atoms with Crippen LogP contribution in [-0.4, -0.2) is 41.7 Å². The summed E-state index contributed by atoms with van der Waals surface area (Å²) in [5.41, 5.74) is -0.0848. The van der Waals surface area contributed by atoms with E-state index in [1.165, 1.54) is 18.3 Å². The van der Waals surface area contributed by atoms with Crippen LogP contribution in [0.5, 0.6) is 5.75 Å². The van der Waals surface area contributed by atoms with E-state index >= 15 is 0 Å². The molecule has 0 aliphatic heterocycles. The fourth-order valence-corrected chi connectivity index (χ4v) is 1.17. The third-order valence-electron chi connectivity index (χ3n) is 2.00. The average molecular weight is 260 g/mol. The molecule has 1 aromatic heterocycles. The molecule has 1 aromatic rings. The van der Waals surface area contributed by atoms with Crippen molar-refractivity contribution in [3.63, 3.8) is 0 Å². The monoisotopic (exact) mass is 260 g/mol. The summed E-state index contributed by atoms with van der Waals surface area (Å²) < 4.78 is 28.9. The van der Waals surface area contributed by atoms with Gasteiger partial charge in [0.15, 0.2) is 11.4 Å². The van der Waals surface area contributed by atoms with Gasteiger partial charge in [-0.25, -0.2) is 13.8 Å². The first-order valence-corrected chi connectivity index (χ1v) is 5.32. The van der Waals surface area contributed by atoms with E-state index in [4.69, 9.17) is 9.84 Å². The van der Waals surface area contributed by atoms with E-state index in [2.05, 4.69) is 10.3 Å². The fraction of sp³-hybridized carbons (Fsp3) is 0.455. The van der Waals surface area contributed by atoms with Gasteiger partial charge in [0.2, 0.25) is 0 Å². The van der Waals surface area contributed by atoms with E-state index in [0.29, 0.717) is 0 Å². The zero-order valence-electron chi connectivity index (χ0n) is 9.77. The molecule has 1 atom stereocenters. The largest absolute Gasteiger partial charge is 0.485 e. The number of rotatable bonds is 6. The molecule has 0 saturated heterocycles. The predicted molar refractivity (Wildman–Crippen MR) is 59.8 cm³/mol. The first-order valence-electron chi connectivity index (χ1n) is 5.32. The summed E-state index contributed by atoms with van der Waals surface area (Å²) in [6.07, 6.45) is -1.27. The van der Waals surface area contributed by atoms with E-state index in [9.17, 15) is 13.6 Å². The Labute approximate surface area is 103 Å². The Morgan fingerprint density at radius 3 is 2.94 bits per heavy atom. The number of hydrogen-bond donors (Lipinski definition) is 2. The minimum Gasteiger partial charge on any atom is -0.485 e. The van der Waals surface area contributed by atoms with Crippen LogP contribution >= 0.6 is 0 Å². The summed E-state index contributed by atoms with van der Waals surface area (Å²) in [6, 6.07) is 2.41. The second-order valence-electron chi connectivity index (χ2n) is 3.61. The van der Waals surface area contributed by atoms with E-state index in [-0.39, 0.29) is 18.1 Å². The number of nitrogens with one attached hydrogen (secondary N) is 1. The van der Waals surface area contributed by atoms with Crippen LogP contribution in [0.15, 0.2) is 18.3 Å². The maximum absolute atomic E-state index is 12.0. The minimum absolute atomic E-state index is 0.0135. The van der Waals surface area contributed by atoms with Gasteiger partial charge in [0.1, 0.15) is 6.61 Å². The Morgan fingerprint density at radius 2 is 2.33 bits per heavy atom. The topological polar surface area (TPSA) is 71.5 Å². The molecule has 0 aliphatic rings. The van der Waals surface area contributed by atoms with Crippen LogP contribution in [0.3, 0.4) is 0 Å². The van der Waals surface area contributed by atoms with Gasteiger partial charge in [-0.15, -0.1) is 0 Å². The maximum Gasteiger partial charge on any atom is 0.274 e. The number of hydrogen-bond acceptors (Lipinski definition) is 4. The van der Waals surface area contributed by atoms with Crippen LogP contribution in [0, 0.1) is 0 Å². The molecule has 1 heterocycles. The highest BCUT2D eigenvalue weighted by Crippen LogP contribution is 2.16. The number of alkyl halides is 2. The van der Waals surface area contributed by atoms with Crippen molar-refractivity contribution in [2.24, 2.45) is 0 Å². The van der Waals surface area contributed by atoms with E-state index in [0.717, 1.165) is 0 Å². The molecule has 0 spiro atoms. The number of aliphatic hydroxyl groups is 1. The molecular formula is C11H14F2N2O3. The van der Waals surface area contributed by atoms with Crippen LogP contribution in [0.25, 0.3) is 0 Å². The van der Waals surface area contributed by atoms with Crippen LogP contribution < -0.4 is 10.1 Å². The number of nitrogens with zero attached hydrogens (tertiary/aromatic N) is 1. The third kappa shape index (κ3) is 4.25. The summed E-state index contributed by atoms with van der Waals surface area (Å²) in [6.45, 7) is 0.563. The predicted octanol–water partition coefficient (Wildman–Crippen LogP) is 0.836. The van der Waals surface area contributed by atoms with Crippen molar-refractivity contribution < 1.29 is 23.4 Å². The Bertz CT molecular complexity index is 402. The van der Waals surface area contributed by atoms with Crippen molar-refractivity contribution in [3.8, 4) is 5.75 Å². The zero-order chi connectivity index (χ0) is 13.5. The van der Waals surface area contributed by atoms with Gasteiger partial charge in [0.25, 0.3) is 12.3 Å². The molecule has 18 heavy (non-hydrogen) atoms. The second-order valence-corrected chi connectivity index (χ2v) is 3.61. The van der Waals surface area contributed by atoms with E-state index in [1.807, 2.05) is 0 Å². The molecule has 0 fully saturated rings. The molecule has 1 unspecified atom stereocenters. The SMILES string of the molecule is CC(CO)NC(=O)c1ncccc1OCC(F)F. The lowest BCUT2D eigenvalue weighted by Crippen LogP contribution is -2.35. The molecule has 0 aromatic carbocycles. The summed E-state index contributed by atoms with van der Waals surface area (Å²) in [5, 5.41) is 11.3. The van der Waals surface area contributed by atoms with Crippen molar-refractivity contribution in [1.82, 2.24) is 10.3 Å². The van der Waals surface area contributed by atoms with Gasteiger partial charge in [-0.1, -0.05) is 0 Å². The number of ether oxygens (including phenoxy) is 1. The highest BCUT2D eigenvalue weighted by molar-refractivity contribution is 5.95. The summed E-state index contributed by atoms with van der Waals surface area (Å²) in [4.78, 5) is 15.5. The molecule has 5 nitrogen and oxygen atoms in total. The number of carbonyl (C=O) groups excluding carboxylic acids is 1. The fourth-order valence-electron chi connectivity index (χ4n) is 1.17. The second kappa shape index (κ2) is 6.85. The zero-order valence-corrected chi connectivity index (χ0v) is 9.77. The number of pyridine rings is 1. The van der Waals surface area contributed by atoms with Crippen molar-refractivity contribution >= 4 is 5.91 Å². The van der Waals surface area contributed by atoms with Crippen molar-refractivity contribution in [3.05, 3.63) is 24.0 Å². The number of halogens is 2. The van der Waals surface area contributed by atoms with Crippen molar-refractivity contribution in [2.45, 2.75) is 19.4 Å². The van der Waals surface area contributed by atoms with Gasteiger partial charge in [-0.05, 0) is 19.1 Å². The van der Waals surface area contributed by atoms with Crippen molar-refractivity contribution in [1.29, 1.82) is 0 Å². The smallest absolute Gasteiger partial charge is 0.274 e. The highest BCUT2D eigenvalue weighted by Gasteiger charge is 2.16. The van der Waals surface area contributed by atoms with Crippen molar-refractivity contribution in [2.75, 3.05) is 13.2 Å². The van der Waals surface area contributed by atoms with Crippen LogP contribution in [0.1, 0.15) is 17.4 Å². The van der Waals surface area contributed by atoms with Gasteiger partial charge in [0.05, 0.1) is 6.61 Å². The molecule has 0 saturated carbocycles. The van der Waals surface area contributed by atoms with Gasteiger partial charge in [-0.2, -0.15) is 0 Å². The maximum atomic E-state index is 12.0. The van der Waals surface area contributed by atoms with Gasteiger partial charge in [-0.3, -0.25) is 4.79 Å². The highest BCUT2D eigenvalue weighted by atomic mass is 19.3. The standard InChI is InChI=1S/C11H14F2N2O3/c1-7(5-16)15-11(17)10-8(3-2-4-14-10)18-6-9(12)13/h2-4,7,9,16H,5-6H2,1H3,(H,15,17). The summed E-state index contributed by atoms with van der Waals surface area (Å²) in [7, 11) is 0. The molecule has 0 radical (unpaired) electrons. The van der Waals surface area contributed by atoms with Gasteiger partial charge < -0.3 is 15.2 Å². The lowest BCUT2D eigenvalue weighted by Gasteiger charge is -2.13. The lowest BCUT2D eigenvalue weighted by molar-refractivity contribution is 0.0785. The lowest BCUT2D eigenvalue weighted by atomic mass is 10.2. The molecular weight excluding hydrogens is 246 g/mol. The van der Waals surface area contributed by atoms with E-state index < -0.39 is 25.0 Å². The molecule has 7 heteroatoms. The third-order valence-corrected chi connectivity index (χ3v) is 2.00. The molecule has 0 bridgehead atoms. The van der Waals surface area contributed by atoms with Crippen LogP contribution in [0.2, 0.25) is 0 Å². The van der Waals surface area contributed by atoms with E-state index in [1.54, 1.807) is 6.92 Å². The minimum atomic E-state index is -2.63. The molecule has 1 amide bonds. The molecule has 100 valence electrons. The Balaban J connectivity index is 2.77. The van der Waals surface area contributed by atoms with Crippen LogP contribution in [-0.2, 0) is 0 Å². The average Bonchev–Trinajstić information content (AvgIpc) is 2.36. The first kappa shape index (κ1) is 14.3. The quantitative estimate of drug-likeness (QED) is 0.795. The summed E-state index contributed by atoms with van der Waals surface area (Å²) in [5.74, 6) is -0.596. The van der Waals surface area contributed by atoms with Crippen LogP contribution in [0.4, 0.5) is 8.78 Å². The normalized spacial score (nSPS) is 12.3. The first-order chi connectivity index (χ1) is 8.54. The van der Waals surface area contributed by atoms with Gasteiger partial charge in [0, 0.05) is 12.2 Å². The number of aromatic nitrogens is 1. The Morgan fingerprint density at radius 1 is 1.61 bits per heavy atom. The molecule has 2 N–H and O–H groups in total. The molecule has 0 aliphatic carbocycles. The number of carbonyl (C=O) groups is 1. The Kier molecular flexibility index (Phi) is 5.44. The van der Waals surface area contributed by atoms with Gasteiger partial charge >= 0.3 is 0 Å².